The molecule has 0 aliphatic heterocycles. The summed E-state index contributed by atoms with van der Waals surface area (Å²) in [6.45, 7) is 3.34. The van der Waals surface area contributed by atoms with Crippen LogP contribution in [0.15, 0.2) is 53.4 Å². The van der Waals surface area contributed by atoms with Crippen molar-refractivity contribution in [1.82, 2.24) is 0 Å². The molecule has 0 aliphatic rings. The van der Waals surface area contributed by atoms with E-state index in [9.17, 15) is 8.42 Å². The third-order valence-corrected chi connectivity index (χ3v) is 10.7. The summed E-state index contributed by atoms with van der Waals surface area (Å²) in [6, 6.07) is 15.4. The van der Waals surface area contributed by atoms with Gasteiger partial charge in [0.1, 0.15) is 5.75 Å². The largest absolute Gasteiger partial charge is 0.494 e. The van der Waals surface area contributed by atoms with Crippen molar-refractivity contribution in [2.45, 2.75) is 159 Å². The van der Waals surface area contributed by atoms with Gasteiger partial charge in [-0.2, -0.15) is 0 Å². The summed E-state index contributed by atoms with van der Waals surface area (Å²) >= 11 is 0. The molecule has 0 aliphatic carbocycles. The van der Waals surface area contributed by atoms with Crippen molar-refractivity contribution < 1.29 is 18.3 Å². The van der Waals surface area contributed by atoms with Crippen molar-refractivity contribution in [3.8, 4) is 5.75 Å². The SMILES string of the molecule is CCCCCCCCCCCCCCCCOc1ccc(C=Cc2ccc(S(=O)(=O)CCCCCCCCCCCO)cc2)cc1. The van der Waals surface area contributed by atoms with Crippen molar-refractivity contribution in [2.24, 2.45) is 0 Å². The van der Waals surface area contributed by atoms with Crippen molar-refractivity contribution in [1.29, 1.82) is 0 Å². The van der Waals surface area contributed by atoms with Crippen LogP contribution in [0.4, 0.5) is 0 Å². The molecule has 0 unspecified atom stereocenters. The average molecular weight is 655 g/mol. The van der Waals surface area contributed by atoms with Crippen LogP contribution in [0.3, 0.4) is 0 Å². The second-order valence-corrected chi connectivity index (χ2v) is 15.2. The maximum absolute atomic E-state index is 12.8. The van der Waals surface area contributed by atoms with Crippen molar-refractivity contribution in [2.75, 3.05) is 19.0 Å². The molecule has 0 saturated carbocycles. The molecule has 46 heavy (non-hydrogen) atoms. The van der Waals surface area contributed by atoms with E-state index in [-0.39, 0.29) is 12.4 Å². The predicted molar refractivity (Wildman–Crippen MR) is 198 cm³/mol. The number of aliphatic hydroxyl groups excluding tert-OH is 1. The Labute approximate surface area is 283 Å². The number of rotatable bonds is 30. The Balaban J connectivity index is 1.53. The van der Waals surface area contributed by atoms with E-state index in [0.717, 1.165) is 62.0 Å². The number of hydrogen-bond acceptors (Lipinski definition) is 4. The molecule has 2 aromatic carbocycles. The average Bonchev–Trinajstić information content (AvgIpc) is 3.07. The fourth-order valence-electron chi connectivity index (χ4n) is 5.90. The molecule has 1 N–H and O–H groups in total. The van der Waals surface area contributed by atoms with Crippen LogP contribution in [0, 0.1) is 0 Å². The van der Waals surface area contributed by atoms with Gasteiger partial charge in [0.2, 0.25) is 0 Å². The number of unbranched alkanes of at least 4 members (excludes halogenated alkanes) is 21. The predicted octanol–water partition coefficient (Wildman–Crippen LogP) is 12.0. The highest BCUT2D eigenvalue weighted by atomic mass is 32.2. The first-order valence-electron chi connectivity index (χ1n) is 18.9. The number of benzene rings is 2. The molecule has 0 spiro atoms. The van der Waals surface area contributed by atoms with E-state index in [1.165, 1.54) is 103 Å². The van der Waals surface area contributed by atoms with E-state index in [0.29, 0.717) is 11.3 Å². The maximum Gasteiger partial charge on any atom is 0.178 e. The lowest BCUT2D eigenvalue weighted by atomic mass is 10.0. The zero-order valence-electron chi connectivity index (χ0n) is 29.2. The highest BCUT2D eigenvalue weighted by Crippen LogP contribution is 2.19. The van der Waals surface area contributed by atoms with E-state index in [4.69, 9.17) is 9.84 Å². The van der Waals surface area contributed by atoms with Gasteiger partial charge in [0.15, 0.2) is 9.84 Å². The lowest BCUT2D eigenvalue weighted by molar-refractivity contribution is 0.282. The summed E-state index contributed by atoms with van der Waals surface area (Å²) in [5, 5.41) is 8.82. The van der Waals surface area contributed by atoms with Gasteiger partial charge in [0, 0.05) is 6.61 Å². The van der Waals surface area contributed by atoms with E-state index in [1.54, 1.807) is 12.1 Å². The van der Waals surface area contributed by atoms with Gasteiger partial charge in [-0.1, -0.05) is 172 Å². The van der Waals surface area contributed by atoms with Gasteiger partial charge in [-0.05, 0) is 54.7 Å². The Morgan fingerprint density at radius 1 is 0.522 bits per heavy atom. The van der Waals surface area contributed by atoms with Crippen LogP contribution in [0.25, 0.3) is 12.2 Å². The molecule has 0 saturated heterocycles. The summed E-state index contributed by atoms with van der Waals surface area (Å²) in [5.41, 5.74) is 2.07. The lowest BCUT2D eigenvalue weighted by Gasteiger charge is -2.07. The van der Waals surface area contributed by atoms with Gasteiger partial charge < -0.3 is 9.84 Å². The molecular weight excluding hydrogens is 589 g/mol. The molecule has 0 heterocycles. The van der Waals surface area contributed by atoms with Crippen molar-refractivity contribution in [3.63, 3.8) is 0 Å². The normalized spacial score (nSPS) is 11.9. The van der Waals surface area contributed by atoms with Gasteiger partial charge >= 0.3 is 0 Å². The fraction of sp³-hybridized carbons (Fsp3) is 0.659. The van der Waals surface area contributed by atoms with Gasteiger partial charge in [-0.25, -0.2) is 8.42 Å². The van der Waals surface area contributed by atoms with Gasteiger partial charge in [-0.3, -0.25) is 0 Å². The maximum atomic E-state index is 12.8. The third-order valence-electron chi connectivity index (χ3n) is 8.93. The second-order valence-electron chi connectivity index (χ2n) is 13.1. The van der Waals surface area contributed by atoms with E-state index >= 15 is 0 Å². The Bertz CT molecular complexity index is 1110. The van der Waals surface area contributed by atoms with E-state index in [1.807, 2.05) is 36.4 Å². The monoisotopic (exact) mass is 654 g/mol. The molecule has 4 nitrogen and oxygen atoms in total. The van der Waals surface area contributed by atoms with Crippen LogP contribution in [-0.2, 0) is 9.84 Å². The van der Waals surface area contributed by atoms with Gasteiger partial charge in [0.25, 0.3) is 0 Å². The summed E-state index contributed by atoms with van der Waals surface area (Å²) in [6.07, 6.45) is 32.7. The first kappa shape index (κ1) is 40.1. The van der Waals surface area contributed by atoms with Crippen LogP contribution in [0.1, 0.15) is 166 Å². The first-order valence-corrected chi connectivity index (χ1v) is 20.5. The molecule has 260 valence electrons. The Kier molecular flexibility index (Phi) is 23.4. The van der Waals surface area contributed by atoms with Crippen molar-refractivity contribution >= 4 is 22.0 Å². The van der Waals surface area contributed by atoms with Gasteiger partial charge in [-0.15, -0.1) is 0 Å². The first-order chi connectivity index (χ1) is 22.5. The third kappa shape index (κ3) is 20.2. The Morgan fingerprint density at radius 2 is 0.913 bits per heavy atom. The molecule has 0 amide bonds. The summed E-state index contributed by atoms with van der Waals surface area (Å²) in [5.74, 6) is 1.13. The van der Waals surface area contributed by atoms with E-state index in [2.05, 4.69) is 19.1 Å². The van der Waals surface area contributed by atoms with Crippen LogP contribution < -0.4 is 4.74 Å². The fourth-order valence-corrected chi connectivity index (χ4v) is 7.27. The molecule has 0 fully saturated rings. The molecular formula is C41H66O4S. The summed E-state index contributed by atoms with van der Waals surface area (Å²) in [7, 11) is -3.24. The molecule has 0 aromatic heterocycles. The quantitative estimate of drug-likeness (QED) is 0.0672. The molecule has 5 heteroatoms. The minimum atomic E-state index is -3.24. The Hall–Kier alpha value is -2.11. The number of aliphatic hydroxyl groups is 1. The van der Waals surface area contributed by atoms with Crippen molar-refractivity contribution in [3.05, 3.63) is 59.7 Å². The van der Waals surface area contributed by atoms with E-state index < -0.39 is 9.84 Å². The van der Waals surface area contributed by atoms with Gasteiger partial charge in [0.05, 0.1) is 17.3 Å². The molecule has 2 aromatic rings. The summed E-state index contributed by atoms with van der Waals surface area (Å²) < 4.78 is 31.5. The highest BCUT2D eigenvalue weighted by Gasteiger charge is 2.13. The van der Waals surface area contributed by atoms with Crippen LogP contribution in [0.5, 0.6) is 5.75 Å². The minimum Gasteiger partial charge on any atom is -0.494 e. The number of hydrogen-bond donors (Lipinski definition) is 1. The molecule has 0 atom stereocenters. The smallest absolute Gasteiger partial charge is 0.178 e. The number of ether oxygens (including phenoxy) is 1. The second kappa shape index (κ2) is 26.9. The zero-order valence-corrected chi connectivity index (χ0v) is 30.1. The number of sulfone groups is 1. The van der Waals surface area contributed by atoms with Crippen LogP contribution in [-0.4, -0.2) is 32.5 Å². The topological polar surface area (TPSA) is 63.6 Å². The molecule has 0 bridgehead atoms. The van der Waals surface area contributed by atoms with Crippen LogP contribution >= 0.6 is 0 Å². The standard InChI is InChI=1S/C41H66O4S/c1-2-3-4-5-6-7-8-9-10-11-14-17-20-23-36-45-40-31-27-38(28-32-40)25-26-39-29-33-41(34-30-39)46(43,44)37-24-21-18-15-12-13-16-19-22-35-42/h25-34,42H,2-24,35-37H2,1H3. The molecule has 2 rings (SSSR count). The molecule has 0 radical (unpaired) electrons. The minimum absolute atomic E-state index is 0.215. The Morgan fingerprint density at radius 3 is 1.37 bits per heavy atom. The van der Waals surface area contributed by atoms with Crippen LogP contribution in [0.2, 0.25) is 0 Å². The summed E-state index contributed by atoms with van der Waals surface area (Å²) in [4.78, 5) is 0.411. The lowest BCUT2D eigenvalue weighted by Crippen LogP contribution is -2.06. The highest BCUT2D eigenvalue weighted by molar-refractivity contribution is 7.91. The zero-order chi connectivity index (χ0) is 33.0.